The van der Waals surface area contributed by atoms with Crippen LogP contribution >= 0.6 is 11.3 Å². The second-order valence-corrected chi connectivity index (χ2v) is 5.26. The zero-order chi connectivity index (χ0) is 11.7. The Morgan fingerprint density at radius 1 is 1.53 bits per heavy atom. The molecule has 1 atom stereocenters. The molecular formula is C12H13FN2OS. The molecular weight excluding hydrogens is 239 g/mol. The molecule has 1 aliphatic heterocycles. The van der Waals surface area contributed by atoms with Crippen LogP contribution in [0, 0.1) is 5.82 Å². The number of nitrogens with one attached hydrogen (secondary N) is 1. The van der Waals surface area contributed by atoms with E-state index in [4.69, 9.17) is 4.74 Å². The fourth-order valence-electron chi connectivity index (χ4n) is 2.00. The SMILES string of the molecule is Fc1ccc2nc(CC3COCCN3)sc2c1. The first kappa shape index (κ1) is 11.1. The van der Waals surface area contributed by atoms with E-state index in [0.717, 1.165) is 41.4 Å². The second kappa shape index (κ2) is 4.68. The Labute approximate surface area is 103 Å². The summed E-state index contributed by atoms with van der Waals surface area (Å²) in [6, 6.07) is 5.05. The zero-order valence-corrected chi connectivity index (χ0v) is 10.1. The van der Waals surface area contributed by atoms with Crippen molar-refractivity contribution < 1.29 is 9.13 Å². The molecule has 0 aliphatic carbocycles. The first-order chi connectivity index (χ1) is 8.31. The van der Waals surface area contributed by atoms with Crippen LogP contribution in [0.25, 0.3) is 10.2 Å². The first-order valence-corrected chi connectivity index (χ1v) is 6.49. The Morgan fingerprint density at radius 2 is 2.47 bits per heavy atom. The number of ether oxygens (including phenoxy) is 1. The Bertz CT molecular complexity index is 522. The number of halogens is 1. The second-order valence-electron chi connectivity index (χ2n) is 4.15. The highest BCUT2D eigenvalue weighted by Gasteiger charge is 2.15. The number of benzene rings is 1. The number of fused-ring (bicyclic) bond motifs is 1. The van der Waals surface area contributed by atoms with Gasteiger partial charge in [-0.05, 0) is 18.2 Å². The van der Waals surface area contributed by atoms with Crippen molar-refractivity contribution in [2.45, 2.75) is 12.5 Å². The Morgan fingerprint density at radius 3 is 3.29 bits per heavy atom. The topological polar surface area (TPSA) is 34.1 Å². The molecule has 1 aliphatic rings. The number of hydrogen-bond donors (Lipinski definition) is 1. The molecule has 1 unspecified atom stereocenters. The highest BCUT2D eigenvalue weighted by molar-refractivity contribution is 7.18. The summed E-state index contributed by atoms with van der Waals surface area (Å²) in [5.41, 5.74) is 0.878. The van der Waals surface area contributed by atoms with E-state index in [0.29, 0.717) is 6.04 Å². The number of nitrogens with zero attached hydrogens (tertiary/aromatic N) is 1. The minimum Gasteiger partial charge on any atom is -0.379 e. The minimum atomic E-state index is -0.202. The average molecular weight is 252 g/mol. The highest BCUT2D eigenvalue weighted by Crippen LogP contribution is 2.23. The normalized spacial score (nSPS) is 20.9. The molecule has 0 spiro atoms. The lowest BCUT2D eigenvalue weighted by molar-refractivity contribution is 0.0770. The number of thiazole rings is 1. The van der Waals surface area contributed by atoms with Gasteiger partial charge in [-0.15, -0.1) is 11.3 Å². The fraction of sp³-hybridized carbons (Fsp3) is 0.417. The molecule has 0 amide bonds. The molecule has 17 heavy (non-hydrogen) atoms. The third kappa shape index (κ3) is 2.46. The van der Waals surface area contributed by atoms with Crippen LogP contribution in [0.1, 0.15) is 5.01 Å². The van der Waals surface area contributed by atoms with Crippen LogP contribution in [0.3, 0.4) is 0 Å². The van der Waals surface area contributed by atoms with E-state index in [2.05, 4.69) is 10.3 Å². The van der Waals surface area contributed by atoms with Gasteiger partial charge in [0.2, 0.25) is 0 Å². The number of rotatable bonds is 2. The van der Waals surface area contributed by atoms with Crippen molar-refractivity contribution in [2.75, 3.05) is 19.8 Å². The lowest BCUT2D eigenvalue weighted by Gasteiger charge is -2.22. The predicted molar refractivity (Wildman–Crippen MR) is 65.9 cm³/mol. The van der Waals surface area contributed by atoms with Crippen molar-refractivity contribution in [3.8, 4) is 0 Å². The van der Waals surface area contributed by atoms with Crippen molar-refractivity contribution in [3.05, 3.63) is 29.0 Å². The van der Waals surface area contributed by atoms with Gasteiger partial charge in [-0.25, -0.2) is 9.37 Å². The van der Waals surface area contributed by atoms with E-state index in [-0.39, 0.29) is 5.82 Å². The van der Waals surface area contributed by atoms with Gasteiger partial charge in [0.25, 0.3) is 0 Å². The first-order valence-electron chi connectivity index (χ1n) is 5.67. The molecule has 2 aromatic rings. The number of aromatic nitrogens is 1. The van der Waals surface area contributed by atoms with E-state index in [1.807, 2.05) is 0 Å². The van der Waals surface area contributed by atoms with Crippen LogP contribution in [-0.4, -0.2) is 30.8 Å². The maximum Gasteiger partial charge on any atom is 0.124 e. The van der Waals surface area contributed by atoms with Gasteiger partial charge in [0.1, 0.15) is 5.82 Å². The van der Waals surface area contributed by atoms with Crippen LogP contribution in [0.5, 0.6) is 0 Å². The van der Waals surface area contributed by atoms with Crippen molar-refractivity contribution in [1.29, 1.82) is 0 Å². The molecule has 1 aromatic heterocycles. The standard InChI is InChI=1S/C12H13FN2OS/c13-8-1-2-10-11(5-8)17-12(15-10)6-9-7-16-4-3-14-9/h1-2,5,9,14H,3-4,6-7H2. The van der Waals surface area contributed by atoms with Gasteiger partial charge in [0.15, 0.2) is 0 Å². The maximum atomic E-state index is 13.1. The van der Waals surface area contributed by atoms with Crippen molar-refractivity contribution in [3.63, 3.8) is 0 Å². The molecule has 0 bridgehead atoms. The Balaban J connectivity index is 1.80. The Kier molecular flexibility index (Phi) is 3.05. The molecule has 5 heteroatoms. The summed E-state index contributed by atoms with van der Waals surface area (Å²) in [7, 11) is 0. The van der Waals surface area contributed by atoms with E-state index >= 15 is 0 Å². The molecule has 3 rings (SSSR count). The molecule has 1 aromatic carbocycles. The lowest BCUT2D eigenvalue weighted by atomic mass is 10.2. The quantitative estimate of drug-likeness (QED) is 0.887. The van der Waals surface area contributed by atoms with E-state index in [9.17, 15) is 4.39 Å². The number of hydrogen-bond acceptors (Lipinski definition) is 4. The third-order valence-corrected chi connectivity index (χ3v) is 3.85. The van der Waals surface area contributed by atoms with Crippen LogP contribution in [0.15, 0.2) is 18.2 Å². The van der Waals surface area contributed by atoms with Gasteiger partial charge in [0.05, 0.1) is 28.4 Å². The van der Waals surface area contributed by atoms with Crippen molar-refractivity contribution >= 4 is 21.6 Å². The molecule has 3 nitrogen and oxygen atoms in total. The molecule has 1 saturated heterocycles. The average Bonchev–Trinajstić information content (AvgIpc) is 2.71. The van der Waals surface area contributed by atoms with Crippen LogP contribution in [0.2, 0.25) is 0 Å². The highest BCUT2D eigenvalue weighted by atomic mass is 32.1. The summed E-state index contributed by atoms with van der Waals surface area (Å²) in [4.78, 5) is 4.50. The molecule has 90 valence electrons. The molecule has 2 heterocycles. The fourth-order valence-corrected chi connectivity index (χ4v) is 3.07. The lowest BCUT2D eigenvalue weighted by Crippen LogP contribution is -2.42. The molecule has 0 saturated carbocycles. The van der Waals surface area contributed by atoms with E-state index in [1.54, 1.807) is 23.5 Å². The molecule has 1 fully saturated rings. The van der Waals surface area contributed by atoms with Gasteiger partial charge >= 0.3 is 0 Å². The van der Waals surface area contributed by atoms with Gasteiger partial charge in [-0.1, -0.05) is 0 Å². The van der Waals surface area contributed by atoms with Crippen LogP contribution in [-0.2, 0) is 11.2 Å². The summed E-state index contributed by atoms with van der Waals surface area (Å²) >= 11 is 1.56. The largest absolute Gasteiger partial charge is 0.379 e. The van der Waals surface area contributed by atoms with E-state index < -0.39 is 0 Å². The van der Waals surface area contributed by atoms with Crippen LogP contribution in [0.4, 0.5) is 4.39 Å². The smallest absolute Gasteiger partial charge is 0.124 e. The summed E-state index contributed by atoms with van der Waals surface area (Å²) in [5, 5.41) is 4.43. The summed E-state index contributed by atoms with van der Waals surface area (Å²) in [5.74, 6) is -0.202. The molecule has 0 radical (unpaired) electrons. The van der Waals surface area contributed by atoms with Crippen LogP contribution < -0.4 is 5.32 Å². The summed E-state index contributed by atoms with van der Waals surface area (Å²) < 4.78 is 19.4. The number of morpholine rings is 1. The Hall–Kier alpha value is -1.04. The van der Waals surface area contributed by atoms with E-state index in [1.165, 1.54) is 6.07 Å². The van der Waals surface area contributed by atoms with Gasteiger partial charge in [-0.3, -0.25) is 0 Å². The van der Waals surface area contributed by atoms with Gasteiger partial charge < -0.3 is 10.1 Å². The summed E-state index contributed by atoms with van der Waals surface area (Å²) in [6.45, 7) is 2.40. The predicted octanol–water partition coefficient (Wildman–Crippen LogP) is 1.97. The monoisotopic (exact) mass is 252 g/mol. The third-order valence-electron chi connectivity index (χ3n) is 2.81. The van der Waals surface area contributed by atoms with Gasteiger partial charge in [-0.2, -0.15) is 0 Å². The zero-order valence-electron chi connectivity index (χ0n) is 9.28. The molecule has 1 N–H and O–H groups in total. The summed E-state index contributed by atoms with van der Waals surface area (Å²) in [6.07, 6.45) is 0.848. The maximum absolute atomic E-state index is 13.1. The van der Waals surface area contributed by atoms with Crippen molar-refractivity contribution in [2.24, 2.45) is 0 Å². The minimum absolute atomic E-state index is 0.202. The van der Waals surface area contributed by atoms with Crippen molar-refractivity contribution in [1.82, 2.24) is 10.3 Å². The van der Waals surface area contributed by atoms with Gasteiger partial charge in [0, 0.05) is 19.0 Å².